The van der Waals surface area contributed by atoms with Gasteiger partial charge in [0.05, 0.1) is 11.0 Å². The van der Waals surface area contributed by atoms with E-state index in [-0.39, 0.29) is 0 Å². The van der Waals surface area contributed by atoms with E-state index >= 15 is 0 Å². The van der Waals surface area contributed by atoms with E-state index in [2.05, 4.69) is 204 Å². The molecule has 10 aromatic rings. The van der Waals surface area contributed by atoms with E-state index in [1.165, 1.54) is 75.0 Å². The van der Waals surface area contributed by atoms with E-state index in [1.807, 2.05) is 11.3 Å². The molecule has 260 valence electrons. The summed E-state index contributed by atoms with van der Waals surface area (Å²) in [6, 6.07) is 64.9. The first-order valence-electron chi connectivity index (χ1n) is 19.1. The number of para-hydroxylation sites is 1. The number of allylic oxidation sites excluding steroid dienone is 4. The molecule has 11 rings (SSSR count). The summed E-state index contributed by atoms with van der Waals surface area (Å²) in [6.07, 6.45) is 8.85. The summed E-state index contributed by atoms with van der Waals surface area (Å²) in [5, 5.41) is 7.71. The Hall–Kier alpha value is -6.68. The summed E-state index contributed by atoms with van der Waals surface area (Å²) < 4.78 is 5.03. The highest BCUT2D eigenvalue weighted by Gasteiger charge is 2.17. The van der Waals surface area contributed by atoms with Crippen LogP contribution < -0.4 is 4.90 Å². The van der Waals surface area contributed by atoms with Crippen LogP contribution in [0.15, 0.2) is 194 Å². The molecule has 0 saturated carbocycles. The second-order valence-corrected chi connectivity index (χ2v) is 15.6. The van der Waals surface area contributed by atoms with Gasteiger partial charge in [-0.3, -0.25) is 0 Å². The Kier molecular flexibility index (Phi) is 7.53. The van der Waals surface area contributed by atoms with E-state index in [4.69, 9.17) is 0 Å². The second kappa shape index (κ2) is 13.0. The molecule has 0 radical (unpaired) electrons. The Labute approximate surface area is 324 Å². The number of hydrogen-bond acceptors (Lipinski definition) is 2. The number of fused-ring (bicyclic) bond motifs is 7. The van der Waals surface area contributed by atoms with Gasteiger partial charge in [0, 0.05) is 53.7 Å². The maximum atomic E-state index is 2.41. The van der Waals surface area contributed by atoms with Gasteiger partial charge >= 0.3 is 0 Å². The molecule has 0 aliphatic heterocycles. The van der Waals surface area contributed by atoms with Crippen molar-refractivity contribution in [3.8, 4) is 16.8 Å². The fourth-order valence-electron chi connectivity index (χ4n) is 8.53. The molecule has 8 aromatic carbocycles. The number of rotatable bonds is 6. The summed E-state index contributed by atoms with van der Waals surface area (Å²) in [4.78, 5) is 2.41. The van der Waals surface area contributed by atoms with Crippen LogP contribution >= 0.6 is 11.3 Å². The van der Waals surface area contributed by atoms with Crippen molar-refractivity contribution in [3.63, 3.8) is 0 Å². The third-order valence-corrected chi connectivity index (χ3v) is 12.4. The number of anilines is 3. The predicted molar refractivity (Wildman–Crippen MR) is 238 cm³/mol. The fraction of sp³-hybridized carbons (Fsp3) is 0.0385. The van der Waals surface area contributed by atoms with Crippen LogP contribution in [0.3, 0.4) is 0 Å². The van der Waals surface area contributed by atoms with Crippen LogP contribution in [0.2, 0.25) is 0 Å². The van der Waals surface area contributed by atoms with Crippen LogP contribution in [0.25, 0.3) is 75.1 Å². The molecule has 3 heteroatoms. The summed E-state index contributed by atoms with van der Waals surface area (Å²) in [6.45, 7) is 0. The van der Waals surface area contributed by atoms with Gasteiger partial charge in [-0.05, 0) is 119 Å². The number of hydrogen-bond donors (Lipinski definition) is 0. The average Bonchev–Trinajstić information content (AvgIpc) is 3.78. The third kappa shape index (κ3) is 5.47. The highest BCUT2D eigenvalue weighted by Crippen LogP contribution is 2.42. The minimum atomic E-state index is 1.06. The van der Waals surface area contributed by atoms with Crippen molar-refractivity contribution in [3.05, 3.63) is 200 Å². The van der Waals surface area contributed by atoms with Gasteiger partial charge in [0.2, 0.25) is 0 Å². The average molecular weight is 721 g/mol. The van der Waals surface area contributed by atoms with Crippen LogP contribution in [0.4, 0.5) is 17.1 Å². The lowest BCUT2D eigenvalue weighted by atomic mass is 9.96. The molecule has 1 aliphatic rings. The molecule has 0 unspecified atom stereocenters. The van der Waals surface area contributed by atoms with Gasteiger partial charge in [-0.1, -0.05) is 121 Å². The monoisotopic (exact) mass is 720 g/mol. The van der Waals surface area contributed by atoms with E-state index in [0.717, 1.165) is 35.6 Å². The van der Waals surface area contributed by atoms with Crippen molar-refractivity contribution in [1.82, 2.24) is 4.57 Å². The van der Waals surface area contributed by atoms with Gasteiger partial charge < -0.3 is 9.47 Å². The maximum absolute atomic E-state index is 2.41. The Balaban J connectivity index is 0.979. The first kappa shape index (κ1) is 31.8. The molecule has 0 fully saturated rings. The Morgan fingerprint density at radius 3 is 1.96 bits per heavy atom. The smallest absolute Gasteiger partial charge is 0.0547 e. The minimum absolute atomic E-state index is 1.06. The van der Waals surface area contributed by atoms with Crippen molar-refractivity contribution in [2.24, 2.45) is 0 Å². The van der Waals surface area contributed by atoms with Crippen LogP contribution in [0.5, 0.6) is 0 Å². The topological polar surface area (TPSA) is 8.17 Å². The number of aromatic nitrogens is 1. The number of thiophene rings is 1. The Morgan fingerprint density at radius 2 is 1.15 bits per heavy atom. The normalized spacial score (nSPS) is 13.0. The van der Waals surface area contributed by atoms with E-state index < -0.39 is 0 Å². The molecular weight excluding hydrogens is 685 g/mol. The van der Waals surface area contributed by atoms with Gasteiger partial charge in [0.1, 0.15) is 0 Å². The number of benzene rings is 8. The molecule has 0 amide bonds. The van der Waals surface area contributed by atoms with Crippen LogP contribution in [-0.2, 0) is 0 Å². The van der Waals surface area contributed by atoms with Crippen molar-refractivity contribution >= 4 is 86.7 Å². The SMILES string of the molecule is C1=CCCC(c2cccc(N(c3ccc(-c4ccc(-n5c6ccccc6c6cc7ccccc7cc65)cc4)cc3)c3ccc4c(c3)sc3ccccc34)c2)=C1. The van der Waals surface area contributed by atoms with Crippen molar-refractivity contribution in [1.29, 1.82) is 0 Å². The maximum Gasteiger partial charge on any atom is 0.0547 e. The van der Waals surface area contributed by atoms with E-state index in [1.54, 1.807) is 0 Å². The Bertz CT molecular complexity index is 3140. The zero-order valence-corrected chi connectivity index (χ0v) is 31.0. The molecule has 55 heavy (non-hydrogen) atoms. The van der Waals surface area contributed by atoms with Crippen molar-refractivity contribution in [2.45, 2.75) is 12.8 Å². The zero-order chi connectivity index (χ0) is 36.3. The Morgan fingerprint density at radius 1 is 0.455 bits per heavy atom. The molecule has 2 heterocycles. The highest BCUT2D eigenvalue weighted by molar-refractivity contribution is 7.25. The molecule has 2 aromatic heterocycles. The first-order chi connectivity index (χ1) is 27.2. The molecule has 0 bridgehead atoms. The molecule has 0 atom stereocenters. The van der Waals surface area contributed by atoms with Crippen molar-refractivity contribution < 1.29 is 0 Å². The van der Waals surface area contributed by atoms with Gasteiger partial charge in [0.25, 0.3) is 0 Å². The van der Waals surface area contributed by atoms with Gasteiger partial charge in [-0.25, -0.2) is 0 Å². The van der Waals surface area contributed by atoms with Crippen LogP contribution in [-0.4, -0.2) is 4.57 Å². The minimum Gasteiger partial charge on any atom is -0.310 e. The molecule has 1 aliphatic carbocycles. The predicted octanol–water partition coefficient (Wildman–Crippen LogP) is 15.2. The van der Waals surface area contributed by atoms with Crippen LogP contribution in [0, 0.1) is 0 Å². The summed E-state index contributed by atoms with van der Waals surface area (Å²) in [5.74, 6) is 0. The summed E-state index contributed by atoms with van der Waals surface area (Å²) >= 11 is 1.87. The zero-order valence-electron chi connectivity index (χ0n) is 30.2. The standard InChI is InChI=1S/C52H36N2S/c1-2-11-35(12-3-1)38-15-10-16-43(31-38)53(44-29-30-47-46-18-7-9-20-51(46)55-52(47)34-44)41-25-21-36(22-26-41)37-23-27-42(28-24-37)54-49-19-8-6-17-45(49)48-32-39-13-4-5-14-40(39)33-50(48)54/h1-2,4-11,13-34H,3,12H2. The lowest BCUT2D eigenvalue weighted by Crippen LogP contribution is -2.10. The second-order valence-electron chi connectivity index (χ2n) is 14.5. The molecular formula is C52H36N2S. The largest absolute Gasteiger partial charge is 0.310 e. The van der Waals surface area contributed by atoms with Gasteiger partial charge in [-0.15, -0.1) is 11.3 Å². The van der Waals surface area contributed by atoms with E-state index in [0.29, 0.717) is 0 Å². The van der Waals surface area contributed by atoms with Gasteiger partial charge in [0.15, 0.2) is 0 Å². The number of nitrogens with zero attached hydrogens (tertiary/aromatic N) is 2. The molecule has 0 saturated heterocycles. The quantitative estimate of drug-likeness (QED) is 0.166. The van der Waals surface area contributed by atoms with Crippen molar-refractivity contribution in [2.75, 3.05) is 4.90 Å². The molecule has 2 nitrogen and oxygen atoms in total. The van der Waals surface area contributed by atoms with Crippen LogP contribution in [0.1, 0.15) is 18.4 Å². The molecule has 0 N–H and O–H groups in total. The first-order valence-corrected chi connectivity index (χ1v) is 19.9. The summed E-state index contributed by atoms with van der Waals surface area (Å²) in [7, 11) is 0. The third-order valence-electron chi connectivity index (χ3n) is 11.2. The summed E-state index contributed by atoms with van der Waals surface area (Å²) in [5.41, 5.74) is 12.1. The van der Waals surface area contributed by atoms with Gasteiger partial charge in [-0.2, -0.15) is 0 Å². The highest BCUT2D eigenvalue weighted by atomic mass is 32.1. The molecule has 0 spiro atoms. The lowest BCUT2D eigenvalue weighted by Gasteiger charge is -2.26. The lowest BCUT2D eigenvalue weighted by molar-refractivity contribution is 1.05. The van der Waals surface area contributed by atoms with E-state index in [9.17, 15) is 0 Å². The fourth-order valence-corrected chi connectivity index (χ4v) is 9.67.